The number of rotatable bonds is 7. The lowest BCUT2D eigenvalue weighted by Gasteiger charge is -2.06. The van der Waals surface area contributed by atoms with Crippen molar-refractivity contribution in [2.75, 3.05) is 13.2 Å². The van der Waals surface area contributed by atoms with Gasteiger partial charge in [-0.2, -0.15) is 0 Å². The molecule has 1 amide bonds. The van der Waals surface area contributed by atoms with Crippen molar-refractivity contribution in [2.24, 2.45) is 5.14 Å². The van der Waals surface area contributed by atoms with Crippen LogP contribution in [0.3, 0.4) is 0 Å². The highest BCUT2D eigenvalue weighted by Crippen LogP contribution is 2.15. The van der Waals surface area contributed by atoms with Crippen molar-refractivity contribution in [2.45, 2.75) is 17.7 Å². The van der Waals surface area contributed by atoms with Crippen LogP contribution in [-0.4, -0.2) is 32.8 Å². The van der Waals surface area contributed by atoms with Crippen LogP contribution in [0.5, 0.6) is 5.75 Å². The summed E-state index contributed by atoms with van der Waals surface area (Å²) in [6.07, 6.45) is 0.318. The van der Waals surface area contributed by atoms with E-state index in [0.29, 0.717) is 31.7 Å². The predicted octanol–water partition coefficient (Wildman–Crippen LogP) is 0.761. The van der Waals surface area contributed by atoms with Crippen LogP contribution in [0.1, 0.15) is 12.8 Å². The summed E-state index contributed by atoms with van der Waals surface area (Å²) in [4.78, 5) is 10.2. The Morgan fingerprint density at radius 2 is 1.89 bits per heavy atom. The maximum absolute atomic E-state index is 11.0. The molecule has 7 nitrogen and oxygen atoms in total. The molecule has 0 spiro atoms. The SMILES string of the molecule is NS(=O)(=O)c1ccc(OCCCCNC(=O)O)cc1. The molecular formula is C11H16N2O5S. The average Bonchev–Trinajstić information content (AvgIpc) is 2.32. The van der Waals surface area contributed by atoms with Gasteiger partial charge in [-0.3, -0.25) is 0 Å². The maximum Gasteiger partial charge on any atom is 0.404 e. The Morgan fingerprint density at radius 3 is 2.42 bits per heavy atom. The second-order valence-electron chi connectivity index (χ2n) is 3.80. The molecule has 0 radical (unpaired) electrons. The van der Waals surface area contributed by atoms with Gasteiger partial charge in [0.15, 0.2) is 0 Å². The summed E-state index contributed by atoms with van der Waals surface area (Å²) in [5.74, 6) is 0.540. The normalized spacial score (nSPS) is 11.0. The molecule has 0 saturated heterocycles. The average molecular weight is 288 g/mol. The van der Waals surface area contributed by atoms with E-state index in [9.17, 15) is 13.2 Å². The fourth-order valence-electron chi connectivity index (χ4n) is 1.34. The molecule has 1 aromatic carbocycles. The van der Waals surface area contributed by atoms with Crippen LogP contribution in [0.2, 0.25) is 0 Å². The Labute approximate surface area is 111 Å². The lowest BCUT2D eigenvalue weighted by Crippen LogP contribution is -2.22. The molecule has 1 rings (SSSR count). The zero-order valence-electron chi connectivity index (χ0n) is 10.2. The molecule has 0 fully saturated rings. The van der Waals surface area contributed by atoms with Crippen LogP contribution >= 0.6 is 0 Å². The maximum atomic E-state index is 11.0. The molecule has 0 unspecified atom stereocenters. The highest BCUT2D eigenvalue weighted by atomic mass is 32.2. The van der Waals surface area contributed by atoms with Crippen LogP contribution in [0.15, 0.2) is 29.2 Å². The second kappa shape index (κ2) is 6.95. The van der Waals surface area contributed by atoms with E-state index in [1.807, 2.05) is 0 Å². The first-order valence-electron chi connectivity index (χ1n) is 5.62. The first-order valence-corrected chi connectivity index (χ1v) is 7.16. The Balaban J connectivity index is 2.29. The van der Waals surface area contributed by atoms with Gasteiger partial charge in [-0.1, -0.05) is 0 Å². The highest BCUT2D eigenvalue weighted by Gasteiger charge is 2.06. The first-order chi connectivity index (χ1) is 8.89. The number of sulfonamides is 1. The van der Waals surface area contributed by atoms with Gasteiger partial charge in [-0.25, -0.2) is 18.4 Å². The number of amides is 1. The minimum Gasteiger partial charge on any atom is -0.494 e. The van der Waals surface area contributed by atoms with Crippen molar-refractivity contribution in [3.05, 3.63) is 24.3 Å². The summed E-state index contributed by atoms with van der Waals surface area (Å²) in [5.41, 5.74) is 0. The lowest BCUT2D eigenvalue weighted by atomic mass is 10.3. The van der Waals surface area contributed by atoms with Gasteiger partial charge in [0.25, 0.3) is 0 Å². The number of carbonyl (C=O) groups is 1. The Morgan fingerprint density at radius 1 is 1.26 bits per heavy atom. The number of primary sulfonamides is 1. The van der Waals surface area contributed by atoms with Gasteiger partial charge in [0, 0.05) is 6.54 Å². The van der Waals surface area contributed by atoms with E-state index >= 15 is 0 Å². The molecule has 8 heteroatoms. The van der Waals surface area contributed by atoms with E-state index < -0.39 is 16.1 Å². The highest BCUT2D eigenvalue weighted by molar-refractivity contribution is 7.89. The van der Waals surface area contributed by atoms with Crippen LogP contribution in [0.4, 0.5) is 4.79 Å². The van der Waals surface area contributed by atoms with Gasteiger partial charge in [-0.05, 0) is 37.1 Å². The molecule has 0 aliphatic carbocycles. The smallest absolute Gasteiger partial charge is 0.404 e. The third kappa shape index (κ3) is 6.07. The Hall–Kier alpha value is -1.80. The Bertz CT molecular complexity index is 512. The number of nitrogens with two attached hydrogens (primary N) is 1. The van der Waals surface area contributed by atoms with E-state index in [2.05, 4.69) is 5.32 Å². The van der Waals surface area contributed by atoms with E-state index in [1.54, 1.807) is 0 Å². The van der Waals surface area contributed by atoms with Crippen molar-refractivity contribution in [3.8, 4) is 5.75 Å². The van der Waals surface area contributed by atoms with Crippen molar-refractivity contribution in [1.29, 1.82) is 0 Å². The number of ether oxygens (including phenoxy) is 1. The quantitative estimate of drug-likeness (QED) is 0.640. The molecular weight excluding hydrogens is 272 g/mol. The monoisotopic (exact) mass is 288 g/mol. The van der Waals surface area contributed by atoms with Crippen LogP contribution in [0.25, 0.3) is 0 Å². The van der Waals surface area contributed by atoms with Gasteiger partial charge < -0.3 is 15.2 Å². The Kier molecular flexibility index (Phi) is 5.58. The number of unbranched alkanes of at least 4 members (excludes halogenated alkanes) is 1. The van der Waals surface area contributed by atoms with E-state index in [-0.39, 0.29) is 4.90 Å². The van der Waals surface area contributed by atoms with Crippen LogP contribution < -0.4 is 15.2 Å². The summed E-state index contributed by atoms with van der Waals surface area (Å²) in [6, 6.07) is 5.79. The number of hydrogen-bond donors (Lipinski definition) is 3. The van der Waals surface area contributed by atoms with Gasteiger partial charge in [0.1, 0.15) is 5.75 Å². The summed E-state index contributed by atoms with van der Waals surface area (Å²) < 4.78 is 27.4. The molecule has 0 saturated carbocycles. The fraction of sp³-hybridized carbons (Fsp3) is 0.364. The fourth-order valence-corrected chi connectivity index (χ4v) is 1.85. The minimum atomic E-state index is -3.68. The lowest BCUT2D eigenvalue weighted by molar-refractivity contribution is 0.194. The molecule has 19 heavy (non-hydrogen) atoms. The number of benzene rings is 1. The van der Waals surface area contributed by atoms with Gasteiger partial charge in [0.2, 0.25) is 10.0 Å². The van der Waals surface area contributed by atoms with Crippen molar-refractivity contribution in [1.82, 2.24) is 5.32 Å². The summed E-state index contributed by atoms with van der Waals surface area (Å²) >= 11 is 0. The number of hydrogen-bond acceptors (Lipinski definition) is 4. The second-order valence-corrected chi connectivity index (χ2v) is 5.37. The topological polar surface area (TPSA) is 119 Å². The van der Waals surface area contributed by atoms with Crippen LogP contribution in [-0.2, 0) is 10.0 Å². The van der Waals surface area contributed by atoms with Crippen molar-refractivity contribution in [3.63, 3.8) is 0 Å². The van der Waals surface area contributed by atoms with E-state index in [0.717, 1.165) is 0 Å². The summed E-state index contributed by atoms with van der Waals surface area (Å²) in [5, 5.41) is 15.5. The molecule has 0 aliphatic heterocycles. The predicted molar refractivity (Wildman–Crippen MR) is 68.6 cm³/mol. The largest absolute Gasteiger partial charge is 0.494 e. The van der Waals surface area contributed by atoms with Crippen molar-refractivity contribution >= 4 is 16.1 Å². The number of carboxylic acid groups (broad SMARTS) is 1. The van der Waals surface area contributed by atoms with Crippen LogP contribution in [0, 0.1) is 0 Å². The molecule has 1 aromatic rings. The minimum absolute atomic E-state index is 0.0329. The van der Waals surface area contributed by atoms with E-state index in [1.165, 1.54) is 24.3 Å². The molecule has 0 heterocycles. The van der Waals surface area contributed by atoms with Gasteiger partial charge in [0.05, 0.1) is 11.5 Å². The van der Waals surface area contributed by atoms with Gasteiger partial charge >= 0.3 is 6.09 Å². The van der Waals surface area contributed by atoms with E-state index in [4.69, 9.17) is 15.0 Å². The standard InChI is InChI=1S/C11H16N2O5S/c12-19(16,17)10-5-3-9(4-6-10)18-8-2-1-7-13-11(14)15/h3-6,13H,1-2,7-8H2,(H,14,15)(H2,12,16,17). The molecule has 0 atom stereocenters. The van der Waals surface area contributed by atoms with Gasteiger partial charge in [-0.15, -0.1) is 0 Å². The van der Waals surface area contributed by atoms with Crippen molar-refractivity contribution < 1.29 is 23.1 Å². The summed E-state index contributed by atoms with van der Waals surface area (Å²) in [6.45, 7) is 0.805. The third-order valence-electron chi connectivity index (χ3n) is 2.27. The molecule has 0 aromatic heterocycles. The first kappa shape index (κ1) is 15.3. The molecule has 106 valence electrons. The number of nitrogens with one attached hydrogen (secondary N) is 1. The molecule has 4 N–H and O–H groups in total. The zero-order valence-corrected chi connectivity index (χ0v) is 11.0. The molecule has 0 aliphatic rings. The molecule has 0 bridgehead atoms. The summed E-state index contributed by atoms with van der Waals surface area (Å²) in [7, 11) is -3.68. The third-order valence-corrected chi connectivity index (χ3v) is 3.20. The zero-order chi connectivity index (χ0) is 14.3.